The summed E-state index contributed by atoms with van der Waals surface area (Å²) in [5, 5.41) is 12.5. The lowest BCUT2D eigenvalue weighted by molar-refractivity contribution is -0.133. The van der Waals surface area contributed by atoms with Crippen molar-refractivity contribution in [1.82, 2.24) is 16.0 Å². The summed E-state index contributed by atoms with van der Waals surface area (Å²) in [4.78, 5) is 52.9. The van der Waals surface area contributed by atoms with Crippen LogP contribution in [-0.4, -0.2) is 48.3 Å². The summed E-state index contributed by atoms with van der Waals surface area (Å²) in [5.41, 5.74) is 13.8. The molecule has 0 unspecified atom stereocenters. The van der Waals surface area contributed by atoms with E-state index in [2.05, 4.69) is 16.0 Å². The lowest BCUT2D eigenvalue weighted by Gasteiger charge is -2.25. The lowest BCUT2D eigenvalue weighted by atomic mass is 9.98. The van der Waals surface area contributed by atoms with Gasteiger partial charge < -0.3 is 27.4 Å². The van der Waals surface area contributed by atoms with Crippen LogP contribution in [0.1, 0.15) is 23.1 Å². The minimum absolute atomic E-state index is 0.0439. The van der Waals surface area contributed by atoms with E-state index >= 15 is 0 Å². The van der Waals surface area contributed by atoms with E-state index < -0.39 is 35.8 Å². The van der Waals surface area contributed by atoms with Gasteiger partial charge in [0.25, 0.3) is 0 Å². The maximum Gasteiger partial charge on any atom is 0.243 e. The molecule has 4 amide bonds. The summed E-state index contributed by atoms with van der Waals surface area (Å²) >= 11 is 0. The Balaban J connectivity index is 1.41. The van der Waals surface area contributed by atoms with Gasteiger partial charge in [0.1, 0.15) is 18.1 Å². The highest BCUT2D eigenvalue weighted by molar-refractivity contribution is 5.95. The van der Waals surface area contributed by atoms with E-state index in [1.165, 1.54) is 0 Å². The van der Waals surface area contributed by atoms with Crippen molar-refractivity contribution < 1.29 is 19.2 Å². The maximum absolute atomic E-state index is 14.0. The van der Waals surface area contributed by atoms with Gasteiger partial charge in [-0.05, 0) is 38.2 Å². The minimum atomic E-state index is -1.08. The molecule has 0 aromatic heterocycles. The highest BCUT2D eigenvalue weighted by Gasteiger charge is 2.30. The van der Waals surface area contributed by atoms with E-state index in [4.69, 9.17) is 11.5 Å². The fourth-order valence-electron chi connectivity index (χ4n) is 5.64. The molecule has 240 valence electrons. The standard InChI is InChI=1S/C38H39N5O4/c39-19-18-35(44)41-33(23-26-14-16-28-10-4-6-12-30(28)20-26)37(46)43-34(24-27-15-17-29-11-5-7-13-31(29)21-27)38(47)42-32(36(40)45)22-25-8-2-1-3-9-25/h1-17,20-21,32-34H,18-19,22-24,39H2,(H2,40,45)(H,41,44)(H,42,47)(H,43,46)/t32-,33+,34+/m0/s1. The first kappa shape index (κ1) is 32.8. The Bertz CT molecular complexity index is 1880. The van der Waals surface area contributed by atoms with Gasteiger partial charge in [-0.2, -0.15) is 0 Å². The summed E-state index contributed by atoms with van der Waals surface area (Å²) in [5.74, 6) is -2.17. The number of hydrogen-bond acceptors (Lipinski definition) is 5. The van der Waals surface area contributed by atoms with Crippen molar-refractivity contribution in [2.45, 2.75) is 43.8 Å². The number of carbonyl (C=O) groups excluding carboxylic acids is 4. The fourth-order valence-corrected chi connectivity index (χ4v) is 5.64. The van der Waals surface area contributed by atoms with E-state index in [1.807, 2.05) is 115 Å². The molecule has 0 fully saturated rings. The number of carbonyl (C=O) groups is 4. The number of primary amides is 1. The number of nitrogens with two attached hydrogens (primary N) is 2. The first-order chi connectivity index (χ1) is 22.8. The fraction of sp³-hybridized carbons (Fsp3) is 0.211. The molecule has 0 aliphatic carbocycles. The average Bonchev–Trinajstić information content (AvgIpc) is 3.07. The number of rotatable bonds is 14. The zero-order valence-corrected chi connectivity index (χ0v) is 26.0. The van der Waals surface area contributed by atoms with Crippen molar-refractivity contribution in [3.63, 3.8) is 0 Å². The molecule has 0 heterocycles. The van der Waals surface area contributed by atoms with Gasteiger partial charge in [0.05, 0.1) is 0 Å². The quantitative estimate of drug-likeness (QED) is 0.127. The van der Waals surface area contributed by atoms with E-state index in [1.54, 1.807) is 0 Å². The normalized spacial score (nSPS) is 13.0. The van der Waals surface area contributed by atoms with Gasteiger partial charge in [0.15, 0.2) is 0 Å². The van der Waals surface area contributed by atoms with Crippen LogP contribution in [0.2, 0.25) is 0 Å². The highest BCUT2D eigenvalue weighted by Crippen LogP contribution is 2.19. The molecule has 9 heteroatoms. The number of nitrogens with one attached hydrogen (secondary N) is 3. The third-order valence-electron chi connectivity index (χ3n) is 8.11. The second-order valence-corrected chi connectivity index (χ2v) is 11.6. The molecule has 0 saturated heterocycles. The zero-order valence-electron chi connectivity index (χ0n) is 26.0. The second-order valence-electron chi connectivity index (χ2n) is 11.6. The molecule has 0 radical (unpaired) electrons. The van der Waals surface area contributed by atoms with Crippen LogP contribution in [0.5, 0.6) is 0 Å². The molecular weight excluding hydrogens is 590 g/mol. The Hall–Kier alpha value is -5.54. The Labute approximate surface area is 273 Å². The Morgan fingerprint density at radius 3 is 1.47 bits per heavy atom. The van der Waals surface area contributed by atoms with Crippen LogP contribution in [-0.2, 0) is 38.4 Å². The number of amides is 4. The molecule has 0 aliphatic heterocycles. The predicted molar refractivity (Wildman–Crippen MR) is 184 cm³/mol. The largest absolute Gasteiger partial charge is 0.368 e. The zero-order chi connectivity index (χ0) is 33.2. The second kappa shape index (κ2) is 15.6. The van der Waals surface area contributed by atoms with Crippen molar-refractivity contribution in [2.75, 3.05) is 6.54 Å². The van der Waals surface area contributed by atoms with Gasteiger partial charge in [0, 0.05) is 32.2 Å². The van der Waals surface area contributed by atoms with Gasteiger partial charge in [-0.3, -0.25) is 19.2 Å². The molecule has 0 aliphatic rings. The average molecular weight is 630 g/mol. The van der Waals surface area contributed by atoms with Gasteiger partial charge in [-0.15, -0.1) is 0 Å². The molecule has 0 bridgehead atoms. The van der Waals surface area contributed by atoms with E-state index in [-0.39, 0.29) is 38.1 Å². The van der Waals surface area contributed by atoms with Crippen LogP contribution < -0.4 is 27.4 Å². The first-order valence-corrected chi connectivity index (χ1v) is 15.7. The van der Waals surface area contributed by atoms with Crippen LogP contribution >= 0.6 is 0 Å². The van der Waals surface area contributed by atoms with Crippen LogP contribution in [0.4, 0.5) is 0 Å². The summed E-state index contributed by atoms with van der Waals surface area (Å²) < 4.78 is 0. The number of hydrogen-bond donors (Lipinski definition) is 5. The SMILES string of the molecule is NCCC(=O)N[C@H](Cc1ccc2ccccc2c1)C(=O)N[C@H](Cc1ccc2ccccc2c1)C(=O)N[C@@H](Cc1ccccc1)C(N)=O. The minimum Gasteiger partial charge on any atom is -0.368 e. The van der Waals surface area contributed by atoms with Crippen LogP contribution in [0.25, 0.3) is 21.5 Å². The predicted octanol–water partition coefficient (Wildman–Crippen LogP) is 3.31. The number of fused-ring (bicyclic) bond motifs is 2. The van der Waals surface area contributed by atoms with Crippen molar-refractivity contribution in [2.24, 2.45) is 11.5 Å². The van der Waals surface area contributed by atoms with Gasteiger partial charge in [-0.1, -0.05) is 115 Å². The third-order valence-corrected chi connectivity index (χ3v) is 8.11. The van der Waals surface area contributed by atoms with E-state index in [9.17, 15) is 19.2 Å². The van der Waals surface area contributed by atoms with Crippen molar-refractivity contribution in [1.29, 1.82) is 0 Å². The summed E-state index contributed by atoms with van der Waals surface area (Å²) in [6.45, 7) is 0.124. The molecule has 47 heavy (non-hydrogen) atoms. The molecule has 5 rings (SSSR count). The third kappa shape index (κ3) is 9.02. The highest BCUT2D eigenvalue weighted by atomic mass is 16.2. The molecule has 9 nitrogen and oxygen atoms in total. The topological polar surface area (TPSA) is 156 Å². The summed E-state index contributed by atoms with van der Waals surface area (Å²) in [7, 11) is 0. The molecule has 5 aromatic rings. The Kier molecular flexibility index (Phi) is 10.9. The van der Waals surface area contributed by atoms with Crippen molar-refractivity contribution in [3.05, 3.63) is 132 Å². The van der Waals surface area contributed by atoms with Crippen LogP contribution in [0, 0.1) is 0 Å². The molecule has 3 atom stereocenters. The molecular formula is C38H39N5O4. The summed E-state index contributed by atoms with van der Waals surface area (Å²) in [6, 6.07) is 33.6. The molecule has 0 spiro atoms. The monoisotopic (exact) mass is 629 g/mol. The van der Waals surface area contributed by atoms with Crippen molar-refractivity contribution in [3.8, 4) is 0 Å². The molecule has 0 saturated carbocycles. The first-order valence-electron chi connectivity index (χ1n) is 15.7. The van der Waals surface area contributed by atoms with E-state index in [0.717, 1.165) is 38.2 Å². The van der Waals surface area contributed by atoms with E-state index in [0.29, 0.717) is 0 Å². The Morgan fingerprint density at radius 1 is 0.511 bits per heavy atom. The van der Waals surface area contributed by atoms with Crippen LogP contribution in [0.15, 0.2) is 115 Å². The van der Waals surface area contributed by atoms with Gasteiger partial charge >= 0.3 is 0 Å². The smallest absolute Gasteiger partial charge is 0.243 e. The Morgan fingerprint density at radius 2 is 0.957 bits per heavy atom. The van der Waals surface area contributed by atoms with Crippen molar-refractivity contribution >= 4 is 45.2 Å². The maximum atomic E-state index is 14.0. The lowest BCUT2D eigenvalue weighted by Crippen LogP contribution is -2.57. The number of benzene rings is 5. The van der Waals surface area contributed by atoms with Gasteiger partial charge in [-0.25, -0.2) is 0 Å². The molecule has 7 N–H and O–H groups in total. The van der Waals surface area contributed by atoms with Gasteiger partial charge in [0.2, 0.25) is 23.6 Å². The van der Waals surface area contributed by atoms with Crippen LogP contribution in [0.3, 0.4) is 0 Å². The summed E-state index contributed by atoms with van der Waals surface area (Å²) in [6.07, 6.45) is 0.564. The molecule has 5 aromatic carbocycles.